The van der Waals surface area contributed by atoms with Crippen molar-refractivity contribution in [2.75, 3.05) is 5.32 Å². The van der Waals surface area contributed by atoms with Crippen LogP contribution in [0.25, 0.3) is 0 Å². The first-order chi connectivity index (χ1) is 12.9. The molecule has 2 saturated carbocycles. The minimum atomic E-state index is -4.36. The van der Waals surface area contributed by atoms with Crippen molar-refractivity contribution in [1.82, 2.24) is 9.78 Å². The van der Waals surface area contributed by atoms with Crippen molar-refractivity contribution >= 4 is 11.6 Å². The number of benzene rings is 1. The molecule has 144 valence electrons. The number of hydrogen-bond donors (Lipinski definition) is 1. The van der Waals surface area contributed by atoms with E-state index in [0.717, 1.165) is 24.5 Å². The molecule has 2 bridgehead atoms. The fraction of sp³-hybridized carbons (Fsp3) is 0.500. The number of halogens is 3. The average Bonchev–Trinajstić information content (AvgIpc) is 3.32. The van der Waals surface area contributed by atoms with Crippen LogP contribution in [-0.4, -0.2) is 15.7 Å². The van der Waals surface area contributed by atoms with E-state index in [2.05, 4.69) is 10.4 Å². The highest BCUT2D eigenvalue weighted by Crippen LogP contribution is 2.49. The summed E-state index contributed by atoms with van der Waals surface area (Å²) in [4.78, 5) is 12.3. The van der Waals surface area contributed by atoms with Crippen molar-refractivity contribution in [3.05, 3.63) is 47.8 Å². The average molecular weight is 377 g/mol. The Morgan fingerprint density at radius 1 is 1.26 bits per heavy atom. The normalized spacial score (nSPS) is 24.3. The Balaban J connectivity index is 1.34. The summed E-state index contributed by atoms with van der Waals surface area (Å²) in [5.74, 6) is 1.99. The van der Waals surface area contributed by atoms with E-state index in [4.69, 9.17) is 0 Å². The van der Waals surface area contributed by atoms with Crippen molar-refractivity contribution in [3.8, 4) is 0 Å². The lowest BCUT2D eigenvalue weighted by atomic mass is 9.86. The third-order valence-electron chi connectivity index (χ3n) is 5.85. The van der Waals surface area contributed by atoms with Crippen LogP contribution < -0.4 is 5.32 Å². The van der Waals surface area contributed by atoms with Crippen LogP contribution in [0.3, 0.4) is 0 Å². The molecule has 2 aliphatic carbocycles. The molecule has 1 heterocycles. The van der Waals surface area contributed by atoms with Crippen LogP contribution in [0.4, 0.5) is 18.9 Å². The van der Waals surface area contributed by atoms with E-state index in [-0.39, 0.29) is 12.5 Å². The van der Waals surface area contributed by atoms with Gasteiger partial charge in [0.25, 0.3) is 0 Å². The number of carbonyl (C=O) groups is 1. The summed E-state index contributed by atoms with van der Waals surface area (Å²) in [6.07, 6.45) is 4.35. The molecule has 1 aromatic heterocycles. The molecule has 7 heteroatoms. The summed E-state index contributed by atoms with van der Waals surface area (Å²) in [6, 6.07) is 5.19. The lowest BCUT2D eigenvalue weighted by Crippen LogP contribution is -2.20. The summed E-state index contributed by atoms with van der Waals surface area (Å²) in [6.45, 7) is 0.214. The van der Waals surface area contributed by atoms with Gasteiger partial charge in [0.2, 0.25) is 5.91 Å². The lowest BCUT2D eigenvalue weighted by Gasteiger charge is -2.20. The Morgan fingerprint density at radius 2 is 2.11 bits per heavy atom. The number of rotatable bonds is 5. The molecular formula is C20H22F3N3O. The number of nitrogens with one attached hydrogen (secondary N) is 1. The molecular weight excluding hydrogens is 355 g/mol. The monoisotopic (exact) mass is 377 g/mol. The van der Waals surface area contributed by atoms with E-state index < -0.39 is 11.7 Å². The van der Waals surface area contributed by atoms with Crippen LogP contribution in [-0.2, 0) is 17.5 Å². The SMILES string of the molecule is O=C(CC1CC2CCC1C2)Nc1cnn(Cc2cccc(C(F)(F)F)c2)c1. The summed E-state index contributed by atoms with van der Waals surface area (Å²) in [7, 11) is 0. The molecule has 2 aliphatic rings. The Labute approximate surface area is 155 Å². The van der Waals surface area contributed by atoms with Crippen molar-refractivity contribution in [2.24, 2.45) is 17.8 Å². The van der Waals surface area contributed by atoms with Crippen molar-refractivity contribution < 1.29 is 18.0 Å². The van der Waals surface area contributed by atoms with Crippen molar-refractivity contribution in [1.29, 1.82) is 0 Å². The van der Waals surface area contributed by atoms with Crippen LogP contribution in [0.1, 0.15) is 43.2 Å². The highest BCUT2D eigenvalue weighted by molar-refractivity contribution is 5.90. The van der Waals surface area contributed by atoms with E-state index in [9.17, 15) is 18.0 Å². The number of amides is 1. The molecule has 4 nitrogen and oxygen atoms in total. The summed E-state index contributed by atoms with van der Waals surface area (Å²) < 4.78 is 40.0. The van der Waals surface area contributed by atoms with Gasteiger partial charge in [-0.2, -0.15) is 18.3 Å². The number of fused-ring (bicyclic) bond motifs is 2. The Hall–Kier alpha value is -2.31. The first-order valence-corrected chi connectivity index (χ1v) is 9.35. The summed E-state index contributed by atoms with van der Waals surface area (Å²) in [5.41, 5.74) is 0.412. The van der Waals surface area contributed by atoms with Crippen LogP contribution >= 0.6 is 0 Å². The molecule has 0 aliphatic heterocycles. The third-order valence-corrected chi connectivity index (χ3v) is 5.85. The molecule has 0 saturated heterocycles. The van der Waals surface area contributed by atoms with Crippen molar-refractivity contribution in [2.45, 2.75) is 44.8 Å². The van der Waals surface area contributed by atoms with Gasteiger partial charge in [-0.05, 0) is 54.7 Å². The number of nitrogens with zero attached hydrogens (tertiary/aromatic N) is 2. The highest BCUT2D eigenvalue weighted by Gasteiger charge is 2.40. The second kappa shape index (κ2) is 7.02. The molecule has 27 heavy (non-hydrogen) atoms. The molecule has 1 aromatic carbocycles. The van der Waals surface area contributed by atoms with E-state index in [0.29, 0.717) is 29.5 Å². The van der Waals surface area contributed by atoms with E-state index in [1.807, 2.05) is 0 Å². The van der Waals surface area contributed by atoms with Crippen LogP contribution in [0, 0.1) is 17.8 Å². The molecule has 2 fully saturated rings. The van der Waals surface area contributed by atoms with Crippen LogP contribution in [0.2, 0.25) is 0 Å². The van der Waals surface area contributed by atoms with Gasteiger partial charge in [0.15, 0.2) is 0 Å². The predicted octanol–water partition coefficient (Wildman–Crippen LogP) is 4.72. The van der Waals surface area contributed by atoms with Crippen LogP contribution in [0.5, 0.6) is 0 Å². The summed E-state index contributed by atoms with van der Waals surface area (Å²) in [5, 5.41) is 7.01. The fourth-order valence-corrected chi connectivity index (χ4v) is 4.62. The van der Waals surface area contributed by atoms with Gasteiger partial charge in [-0.15, -0.1) is 0 Å². The number of alkyl halides is 3. The highest BCUT2D eigenvalue weighted by atomic mass is 19.4. The Kier molecular flexibility index (Phi) is 4.70. The van der Waals surface area contributed by atoms with Gasteiger partial charge in [-0.25, -0.2) is 0 Å². The standard InChI is InChI=1S/C20H22F3N3O/c21-20(22,23)17-3-1-2-14(8-17)11-26-12-18(10-24-26)25-19(27)9-16-7-13-4-5-15(16)6-13/h1-3,8,10,12-13,15-16H,4-7,9,11H2,(H,25,27). The van der Waals surface area contributed by atoms with Gasteiger partial charge >= 0.3 is 6.18 Å². The maximum absolute atomic E-state index is 12.8. The number of anilines is 1. The largest absolute Gasteiger partial charge is 0.416 e. The second-order valence-corrected chi connectivity index (χ2v) is 7.81. The zero-order chi connectivity index (χ0) is 19.0. The first kappa shape index (κ1) is 18.1. The van der Waals surface area contributed by atoms with Gasteiger partial charge in [-0.3, -0.25) is 9.48 Å². The van der Waals surface area contributed by atoms with Gasteiger partial charge in [0, 0.05) is 12.6 Å². The van der Waals surface area contributed by atoms with Crippen molar-refractivity contribution in [3.63, 3.8) is 0 Å². The predicted molar refractivity (Wildman–Crippen MR) is 95.0 cm³/mol. The topological polar surface area (TPSA) is 46.9 Å². The second-order valence-electron chi connectivity index (χ2n) is 7.81. The molecule has 3 unspecified atom stereocenters. The number of aromatic nitrogens is 2. The minimum absolute atomic E-state index is 0.00818. The molecule has 1 amide bonds. The maximum Gasteiger partial charge on any atom is 0.416 e. The molecule has 1 N–H and O–H groups in total. The lowest BCUT2D eigenvalue weighted by molar-refractivity contribution is -0.137. The van der Waals surface area contributed by atoms with E-state index in [1.165, 1.54) is 36.2 Å². The summed E-state index contributed by atoms with van der Waals surface area (Å²) >= 11 is 0. The van der Waals surface area contributed by atoms with E-state index in [1.54, 1.807) is 12.3 Å². The first-order valence-electron chi connectivity index (χ1n) is 9.35. The molecule has 2 aromatic rings. The zero-order valence-corrected chi connectivity index (χ0v) is 14.9. The molecule has 0 spiro atoms. The Bertz CT molecular complexity index is 830. The van der Waals surface area contributed by atoms with Gasteiger partial charge in [-0.1, -0.05) is 18.6 Å². The van der Waals surface area contributed by atoms with Gasteiger partial charge in [0.05, 0.1) is 24.0 Å². The molecule has 4 rings (SSSR count). The Morgan fingerprint density at radius 3 is 2.81 bits per heavy atom. The third kappa shape index (κ3) is 4.17. The van der Waals surface area contributed by atoms with Gasteiger partial charge in [0.1, 0.15) is 0 Å². The quantitative estimate of drug-likeness (QED) is 0.820. The fourth-order valence-electron chi connectivity index (χ4n) is 4.62. The number of hydrogen-bond acceptors (Lipinski definition) is 2. The smallest absolute Gasteiger partial charge is 0.323 e. The zero-order valence-electron chi connectivity index (χ0n) is 14.9. The van der Waals surface area contributed by atoms with Gasteiger partial charge < -0.3 is 5.32 Å². The maximum atomic E-state index is 12.8. The molecule has 0 radical (unpaired) electrons. The van der Waals surface area contributed by atoms with Crippen LogP contribution in [0.15, 0.2) is 36.7 Å². The number of carbonyl (C=O) groups excluding carboxylic acids is 1. The minimum Gasteiger partial charge on any atom is -0.323 e. The van der Waals surface area contributed by atoms with E-state index >= 15 is 0 Å². The molecule has 3 atom stereocenters.